The molecule has 3 rings (SSSR count). The summed E-state index contributed by atoms with van der Waals surface area (Å²) in [5.74, 6) is 0. The van der Waals surface area contributed by atoms with Gasteiger partial charge in [0.1, 0.15) is 0 Å². The SMILES string of the molecule is Brc1cc(CCN2CCNCC2)ccc1-n1ccnc1. The highest BCUT2D eigenvalue weighted by atomic mass is 79.9. The van der Waals surface area contributed by atoms with Crippen LogP contribution in [0.25, 0.3) is 5.69 Å². The third kappa shape index (κ3) is 3.29. The molecule has 0 unspecified atom stereocenters. The zero-order valence-corrected chi connectivity index (χ0v) is 13.0. The van der Waals surface area contributed by atoms with Crippen molar-refractivity contribution in [2.45, 2.75) is 6.42 Å². The van der Waals surface area contributed by atoms with Crippen molar-refractivity contribution < 1.29 is 0 Å². The van der Waals surface area contributed by atoms with E-state index in [2.05, 4.69) is 49.3 Å². The van der Waals surface area contributed by atoms with Crippen LogP contribution in [0.1, 0.15) is 5.56 Å². The van der Waals surface area contributed by atoms with Gasteiger partial charge in [-0.25, -0.2) is 4.98 Å². The highest BCUT2D eigenvalue weighted by Gasteiger charge is 2.09. The van der Waals surface area contributed by atoms with Gasteiger partial charge in [0.15, 0.2) is 0 Å². The van der Waals surface area contributed by atoms with E-state index in [0.29, 0.717) is 0 Å². The van der Waals surface area contributed by atoms with Crippen molar-refractivity contribution >= 4 is 15.9 Å². The fraction of sp³-hybridized carbons (Fsp3) is 0.400. The van der Waals surface area contributed by atoms with Gasteiger partial charge in [-0.15, -0.1) is 0 Å². The Morgan fingerprint density at radius 2 is 2.10 bits per heavy atom. The van der Waals surface area contributed by atoms with Gasteiger partial charge < -0.3 is 14.8 Å². The summed E-state index contributed by atoms with van der Waals surface area (Å²) in [7, 11) is 0. The summed E-state index contributed by atoms with van der Waals surface area (Å²) >= 11 is 3.66. The number of aromatic nitrogens is 2. The molecule has 1 saturated heterocycles. The average molecular weight is 335 g/mol. The first-order valence-electron chi connectivity index (χ1n) is 7.03. The molecule has 1 fully saturated rings. The Morgan fingerprint density at radius 1 is 1.25 bits per heavy atom. The third-order valence-electron chi connectivity index (χ3n) is 3.72. The summed E-state index contributed by atoms with van der Waals surface area (Å²) in [5, 5.41) is 3.39. The summed E-state index contributed by atoms with van der Waals surface area (Å²) in [6.45, 7) is 5.69. The highest BCUT2D eigenvalue weighted by Crippen LogP contribution is 2.22. The molecule has 20 heavy (non-hydrogen) atoms. The summed E-state index contributed by atoms with van der Waals surface area (Å²) in [6.07, 6.45) is 6.68. The minimum atomic E-state index is 1.10. The molecule has 0 amide bonds. The normalized spacial score (nSPS) is 16.4. The van der Waals surface area contributed by atoms with E-state index in [4.69, 9.17) is 0 Å². The van der Waals surface area contributed by atoms with Gasteiger partial charge >= 0.3 is 0 Å². The smallest absolute Gasteiger partial charge is 0.0992 e. The minimum Gasteiger partial charge on any atom is -0.314 e. The molecule has 106 valence electrons. The van der Waals surface area contributed by atoms with Gasteiger partial charge in [-0.05, 0) is 40.0 Å². The molecular formula is C15H19BrN4. The lowest BCUT2D eigenvalue weighted by molar-refractivity contribution is 0.244. The second-order valence-corrected chi connectivity index (χ2v) is 5.95. The Morgan fingerprint density at radius 3 is 2.80 bits per heavy atom. The van der Waals surface area contributed by atoms with Crippen molar-refractivity contribution in [2.24, 2.45) is 0 Å². The zero-order valence-electron chi connectivity index (χ0n) is 11.4. The van der Waals surface area contributed by atoms with Gasteiger partial charge in [-0.2, -0.15) is 0 Å². The quantitative estimate of drug-likeness (QED) is 0.929. The molecule has 0 aliphatic carbocycles. The maximum absolute atomic E-state index is 4.09. The van der Waals surface area contributed by atoms with Gasteiger partial charge in [-0.3, -0.25) is 0 Å². The van der Waals surface area contributed by atoms with E-state index >= 15 is 0 Å². The van der Waals surface area contributed by atoms with Crippen molar-refractivity contribution in [1.82, 2.24) is 19.8 Å². The van der Waals surface area contributed by atoms with Crippen LogP contribution >= 0.6 is 15.9 Å². The number of nitrogens with one attached hydrogen (secondary N) is 1. The van der Waals surface area contributed by atoms with Crippen molar-refractivity contribution in [2.75, 3.05) is 32.7 Å². The lowest BCUT2D eigenvalue weighted by Gasteiger charge is -2.27. The Balaban J connectivity index is 1.64. The number of imidazole rings is 1. The first-order chi connectivity index (χ1) is 9.83. The molecule has 2 aromatic rings. The summed E-state index contributed by atoms with van der Waals surface area (Å²) < 4.78 is 3.14. The lowest BCUT2D eigenvalue weighted by atomic mass is 10.1. The number of hydrogen-bond acceptors (Lipinski definition) is 3. The van der Waals surface area contributed by atoms with Crippen LogP contribution in [0.3, 0.4) is 0 Å². The van der Waals surface area contributed by atoms with Gasteiger partial charge in [0.25, 0.3) is 0 Å². The molecule has 0 spiro atoms. The maximum atomic E-state index is 4.09. The van der Waals surface area contributed by atoms with E-state index in [1.807, 2.05) is 17.1 Å². The summed E-state index contributed by atoms with van der Waals surface area (Å²) in [4.78, 5) is 6.61. The molecule has 0 atom stereocenters. The molecule has 0 saturated carbocycles. The van der Waals surface area contributed by atoms with E-state index in [-0.39, 0.29) is 0 Å². The average Bonchev–Trinajstić information content (AvgIpc) is 3.00. The Labute approximate surface area is 127 Å². The zero-order chi connectivity index (χ0) is 13.8. The van der Waals surface area contributed by atoms with Crippen molar-refractivity contribution in [1.29, 1.82) is 0 Å². The molecule has 1 aliphatic rings. The molecule has 1 N–H and O–H groups in total. The van der Waals surface area contributed by atoms with E-state index < -0.39 is 0 Å². The van der Waals surface area contributed by atoms with Crippen molar-refractivity contribution in [3.05, 3.63) is 47.0 Å². The fourth-order valence-electron chi connectivity index (χ4n) is 2.54. The second-order valence-electron chi connectivity index (χ2n) is 5.10. The number of halogens is 1. The van der Waals surface area contributed by atoms with Crippen LogP contribution in [0.4, 0.5) is 0 Å². The molecule has 1 aliphatic heterocycles. The monoisotopic (exact) mass is 334 g/mol. The van der Waals surface area contributed by atoms with Gasteiger partial charge in [0, 0.05) is 49.6 Å². The van der Waals surface area contributed by atoms with E-state index in [1.165, 1.54) is 5.56 Å². The summed E-state index contributed by atoms with van der Waals surface area (Å²) in [5.41, 5.74) is 2.51. The molecule has 5 heteroatoms. The number of piperazine rings is 1. The van der Waals surface area contributed by atoms with Gasteiger partial charge in [-0.1, -0.05) is 6.07 Å². The number of benzene rings is 1. The highest BCUT2D eigenvalue weighted by molar-refractivity contribution is 9.10. The molecule has 1 aromatic heterocycles. The first-order valence-corrected chi connectivity index (χ1v) is 7.82. The van der Waals surface area contributed by atoms with Crippen LogP contribution in [0.5, 0.6) is 0 Å². The van der Waals surface area contributed by atoms with E-state index in [9.17, 15) is 0 Å². The largest absolute Gasteiger partial charge is 0.314 e. The predicted molar refractivity (Wildman–Crippen MR) is 84.3 cm³/mol. The molecule has 0 bridgehead atoms. The first kappa shape index (κ1) is 13.8. The van der Waals surface area contributed by atoms with Gasteiger partial charge in [0.05, 0.1) is 12.0 Å². The van der Waals surface area contributed by atoms with Crippen LogP contribution in [0, 0.1) is 0 Å². The van der Waals surface area contributed by atoms with Crippen molar-refractivity contribution in [3.63, 3.8) is 0 Å². The Hall–Kier alpha value is -1.17. The molecule has 0 radical (unpaired) electrons. The van der Waals surface area contributed by atoms with Crippen LogP contribution < -0.4 is 5.32 Å². The molecular weight excluding hydrogens is 316 g/mol. The van der Waals surface area contributed by atoms with Crippen LogP contribution in [-0.4, -0.2) is 47.2 Å². The number of hydrogen-bond donors (Lipinski definition) is 1. The van der Waals surface area contributed by atoms with Crippen LogP contribution in [0.2, 0.25) is 0 Å². The Kier molecular flexibility index (Phi) is 4.50. The van der Waals surface area contributed by atoms with E-state index in [1.54, 1.807) is 6.20 Å². The standard InChI is InChI=1S/C15H19BrN4/c16-14-11-13(3-7-19-8-4-17-5-9-19)1-2-15(14)20-10-6-18-12-20/h1-2,6,10-12,17H,3-5,7-9H2. The molecule has 4 nitrogen and oxygen atoms in total. The summed E-state index contributed by atoms with van der Waals surface area (Å²) in [6, 6.07) is 6.58. The predicted octanol–water partition coefficient (Wildman–Crippen LogP) is 2.08. The topological polar surface area (TPSA) is 33.1 Å². The minimum absolute atomic E-state index is 1.10. The second kappa shape index (κ2) is 6.52. The molecule has 2 heterocycles. The molecule has 1 aromatic carbocycles. The van der Waals surface area contributed by atoms with E-state index in [0.717, 1.165) is 49.3 Å². The van der Waals surface area contributed by atoms with Crippen LogP contribution in [-0.2, 0) is 6.42 Å². The lowest BCUT2D eigenvalue weighted by Crippen LogP contribution is -2.44. The third-order valence-corrected chi connectivity index (χ3v) is 4.36. The fourth-order valence-corrected chi connectivity index (χ4v) is 3.17. The maximum Gasteiger partial charge on any atom is 0.0992 e. The number of rotatable bonds is 4. The van der Waals surface area contributed by atoms with Crippen molar-refractivity contribution in [3.8, 4) is 5.69 Å². The van der Waals surface area contributed by atoms with Crippen LogP contribution in [0.15, 0.2) is 41.4 Å². The Bertz CT molecular complexity index is 547. The van der Waals surface area contributed by atoms with Gasteiger partial charge in [0.2, 0.25) is 0 Å². The number of nitrogens with zero attached hydrogens (tertiary/aromatic N) is 3.